The second-order valence-electron chi connectivity index (χ2n) is 7.53. The van der Waals surface area contributed by atoms with Crippen molar-refractivity contribution in [3.8, 4) is 11.5 Å². The fourth-order valence-corrected chi connectivity index (χ4v) is 4.17. The van der Waals surface area contributed by atoms with Crippen LogP contribution in [0.5, 0.6) is 11.5 Å². The molecule has 37 heavy (non-hydrogen) atoms. The van der Waals surface area contributed by atoms with E-state index < -0.39 is 37.3 Å². The Morgan fingerprint density at radius 3 is 2.16 bits per heavy atom. The molecule has 0 saturated carbocycles. The highest BCUT2D eigenvalue weighted by Crippen LogP contribution is 2.36. The minimum absolute atomic E-state index is 0.0625. The molecule has 0 bridgehead atoms. The molecule has 0 N–H and O–H groups in total. The van der Waals surface area contributed by atoms with Gasteiger partial charge in [-0.25, -0.2) is 0 Å². The van der Waals surface area contributed by atoms with E-state index in [4.69, 9.17) is 4.74 Å². The maximum atomic E-state index is 12.8. The van der Waals surface area contributed by atoms with Crippen molar-refractivity contribution in [1.82, 2.24) is 4.90 Å². The molecule has 0 aromatic heterocycles. The van der Waals surface area contributed by atoms with Crippen LogP contribution in [0.1, 0.15) is 11.1 Å². The first-order chi connectivity index (χ1) is 17.6. The van der Waals surface area contributed by atoms with Crippen LogP contribution in [0.25, 0.3) is 6.08 Å². The molecule has 14 heteroatoms. The first-order valence-electron chi connectivity index (χ1n) is 10.3. The summed E-state index contributed by atoms with van der Waals surface area (Å²) < 4.78 is 5.57. The van der Waals surface area contributed by atoms with Crippen LogP contribution in [0.15, 0.2) is 71.6 Å². The maximum absolute atomic E-state index is 12.8. The van der Waals surface area contributed by atoms with E-state index in [1.54, 1.807) is 12.1 Å². The minimum Gasteiger partial charge on any atom is -0.450 e. The molecule has 0 spiro atoms. The number of amides is 2. The maximum Gasteiger partial charge on any atom is 0.318 e. The van der Waals surface area contributed by atoms with Gasteiger partial charge in [0.25, 0.3) is 22.5 Å². The van der Waals surface area contributed by atoms with Gasteiger partial charge in [0, 0.05) is 18.2 Å². The quantitative estimate of drug-likeness (QED) is 0.210. The number of thioether (sulfide) groups is 1. The Morgan fingerprint density at radius 1 is 0.838 bits per heavy atom. The first-order valence-corrected chi connectivity index (χ1v) is 11.1. The molecular weight excluding hydrogens is 508 g/mol. The van der Waals surface area contributed by atoms with E-state index in [-0.39, 0.29) is 28.6 Å². The van der Waals surface area contributed by atoms with Gasteiger partial charge in [0.05, 0.1) is 32.3 Å². The van der Waals surface area contributed by atoms with Gasteiger partial charge >= 0.3 is 5.69 Å². The number of carbonyl (C=O) groups excluding carboxylic acids is 2. The fourth-order valence-electron chi connectivity index (χ4n) is 3.34. The predicted molar refractivity (Wildman–Crippen MR) is 131 cm³/mol. The number of carbonyl (C=O) groups is 2. The second-order valence-corrected chi connectivity index (χ2v) is 8.53. The zero-order valence-corrected chi connectivity index (χ0v) is 19.3. The molecule has 13 nitrogen and oxygen atoms in total. The largest absolute Gasteiger partial charge is 0.450 e. The highest BCUT2D eigenvalue weighted by atomic mass is 32.2. The van der Waals surface area contributed by atoms with Crippen LogP contribution in [0.3, 0.4) is 0 Å². The van der Waals surface area contributed by atoms with E-state index >= 15 is 0 Å². The number of nitro benzene ring substituents is 3. The summed E-state index contributed by atoms with van der Waals surface area (Å²) in [7, 11) is 0. The van der Waals surface area contributed by atoms with E-state index in [0.29, 0.717) is 11.1 Å². The number of nitrogens with zero attached hydrogens (tertiary/aromatic N) is 4. The fraction of sp³-hybridized carbons (Fsp3) is 0.0435. The Balaban J connectivity index is 1.53. The molecule has 1 heterocycles. The molecule has 0 aliphatic carbocycles. The van der Waals surface area contributed by atoms with Crippen LogP contribution in [0.2, 0.25) is 0 Å². The number of hydrogen-bond acceptors (Lipinski definition) is 10. The number of hydrogen-bond donors (Lipinski definition) is 0. The van der Waals surface area contributed by atoms with E-state index in [9.17, 15) is 39.9 Å². The molecule has 1 fully saturated rings. The van der Waals surface area contributed by atoms with Crippen molar-refractivity contribution in [2.75, 3.05) is 0 Å². The summed E-state index contributed by atoms with van der Waals surface area (Å²) in [6, 6.07) is 14.7. The van der Waals surface area contributed by atoms with E-state index in [2.05, 4.69) is 0 Å². The van der Waals surface area contributed by atoms with Gasteiger partial charge in [-0.05, 0) is 47.2 Å². The van der Waals surface area contributed by atoms with Crippen LogP contribution < -0.4 is 4.74 Å². The predicted octanol–water partition coefficient (Wildman–Crippen LogP) is 5.44. The molecule has 0 radical (unpaired) electrons. The van der Waals surface area contributed by atoms with Gasteiger partial charge in [-0.3, -0.25) is 44.8 Å². The molecule has 1 aliphatic heterocycles. The molecule has 1 saturated heterocycles. The summed E-state index contributed by atoms with van der Waals surface area (Å²) in [5, 5.41) is 32.6. The van der Waals surface area contributed by atoms with Crippen LogP contribution in [0, 0.1) is 30.3 Å². The summed E-state index contributed by atoms with van der Waals surface area (Å²) in [6.07, 6.45) is 1.46. The molecule has 3 aromatic carbocycles. The third-order valence-corrected chi connectivity index (χ3v) is 6.00. The smallest absolute Gasteiger partial charge is 0.318 e. The molecule has 2 amide bonds. The van der Waals surface area contributed by atoms with E-state index in [1.165, 1.54) is 42.5 Å². The zero-order valence-electron chi connectivity index (χ0n) is 18.5. The van der Waals surface area contributed by atoms with Crippen LogP contribution in [-0.4, -0.2) is 30.8 Å². The van der Waals surface area contributed by atoms with E-state index in [1.807, 2.05) is 0 Å². The Labute approximate surface area is 211 Å². The Hall–Kier alpha value is -5.11. The summed E-state index contributed by atoms with van der Waals surface area (Å²) in [6.45, 7) is -0.0625. The number of rotatable bonds is 8. The highest BCUT2D eigenvalue weighted by molar-refractivity contribution is 8.18. The lowest BCUT2D eigenvalue weighted by Crippen LogP contribution is -2.27. The number of non-ortho nitro benzene ring substituents is 2. The molecular formula is C23H14N4O9S. The van der Waals surface area contributed by atoms with Crippen LogP contribution in [-0.2, 0) is 11.3 Å². The Bertz CT molecular complexity index is 1490. The van der Waals surface area contributed by atoms with Gasteiger partial charge in [0.15, 0.2) is 0 Å². The molecule has 186 valence electrons. The van der Waals surface area contributed by atoms with Crippen molar-refractivity contribution >= 4 is 46.0 Å². The highest BCUT2D eigenvalue weighted by Gasteiger charge is 2.35. The third kappa shape index (κ3) is 5.59. The van der Waals surface area contributed by atoms with Gasteiger partial charge in [-0.2, -0.15) is 0 Å². The Morgan fingerprint density at radius 2 is 1.51 bits per heavy atom. The molecule has 4 rings (SSSR count). The van der Waals surface area contributed by atoms with Crippen molar-refractivity contribution in [2.45, 2.75) is 6.54 Å². The van der Waals surface area contributed by atoms with Gasteiger partial charge < -0.3 is 4.74 Å². The van der Waals surface area contributed by atoms with Crippen molar-refractivity contribution in [3.05, 3.63) is 113 Å². The average molecular weight is 522 g/mol. The van der Waals surface area contributed by atoms with Crippen molar-refractivity contribution in [3.63, 3.8) is 0 Å². The summed E-state index contributed by atoms with van der Waals surface area (Å²) in [4.78, 5) is 57.4. The van der Waals surface area contributed by atoms with Gasteiger partial charge in [0.2, 0.25) is 5.75 Å². The molecule has 0 unspecified atom stereocenters. The zero-order chi connectivity index (χ0) is 26.7. The van der Waals surface area contributed by atoms with Gasteiger partial charge in [-0.1, -0.05) is 24.3 Å². The van der Waals surface area contributed by atoms with Gasteiger partial charge in [-0.15, -0.1) is 0 Å². The van der Waals surface area contributed by atoms with Crippen LogP contribution in [0.4, 0.5) is 21.9 Å². The monoisotopic (exact) mass is 522 g/mol. The summed E-state index contributed by atoms with van der Waals surface area (Å²) in [5.41, 5.74) is -0.166. The molecule has 1 aliphatic rings. The second kappa shape index (κ2) is 10.2. The van der Waals surface area contributed by atoms with Gasteiger partial charge in [0.1, 0.15) is 5.75 Å². The molecule has 0 atom stereocenters. The standard InChI is InChI=1S/C23H14N4O9S/c28-22-21(37-23(29)24(22)13-14-4-6-16(7-5-14)25(30)31)11-15-2-1-3-18(10-15)36-20-9-8-17(26(32)33)12-19(20)27(34)35/h1-12H,13H2/b21-11+. The molecule has 3 aromatic rings. The SMILES string of the molecule is O=C1S/C(=C/c2cccc(Oc3ccc([N+](=O)[O-])cc3[N+](=O)[O-])c2)C(=O)N1Cc1ccc([N+](=O)[O-])cc1. The summed E-state index contributed by atoms with van der Waals surface area (Å²) >= 11 is 0.721. The number of benzene rings is 3. The lowest BCUT2D eigenvalue weighted by atomic mass is 10.2. The summed E-state index contributed by atoms with van der Waals surface area (Å²) in [5.74, 6) is -0.599. The topological polar surface area (TPSA) is 176 Å². The average Bonchev–Trinajstić information content (AvgIpc) is 3.11. The Kier molecular flexibility index (Phi) is 6.92. The van der Waals surface area contributed by atoms with Crippen molar-refractivity contribution in [2.24, 2.45) is 0 Å². The number of ether oxygens (including phenoxy) is 1. The third-order valence-electron chi connectivity index (χ3n) is 5.10. The lowest BCUT2D eigenvalue weighted by Gasteiger charge is -2.12. The normalized spacial score (nSPS) is 14.2. The number of imide groups is 1. The first kappa shape index (κ1) is 25.0. The minimum atomic E-state index is -0.798. The van der Waals surface area contributed by atoms with Crippen LogP contribution >= 0.6 is 11.8 Å². The number of nitro groups is 3. The van der Waals surface area contributed by atoms with Crippen molar-refractivity contribution in [1.29, 1.82) is 0 Å². The van der Waals surface area contributed by atoms with E-state index in [0.717, 1.165) is 34.9 Å². The van der Waals surface area contributed by atoms with Crippen molar-refractivity contribution < 1.29 is 29.1 Å². The lowest BCUT2D eigenvalue weighted by molar-refractivity contribution is -0.394.